The molecule has 0 aromatic heterocycles. The van der Waals surface area contributed by atoms with Gasteiger partial charge in [-0.15, -0.1) is 0 Å². The zero-order valence-corrected chi connectivity index (χ0v) is 25.6. The van der Waals surface area contributed by atoms with E-state index in [9.17, 15) is 19.5 Å². The lowest BCUT2D eigenvalue weighted by molar-refractivity contribution is -0.154. The first-order valence-corrected chi connectivity index (χ1v) is 15.5. The highest BCUT2D eigenvalue weighted by Crippen LogP contribution is 2.54. The largest absolute Gasteiger partial charge is 0.487 e. The summed E-state index contributed by atoms with van der Waals surface area (Å²) in [6.07, 6.45) is 7.63. The van der Waals surface area contributed by atoms with Crippen molar-refractivity contribution < 1.29 is 24.2 Å². The second-order valence-electron chi connectivity index (χ2n) is 12.6. The first-order chi connectivity index (χ1) is 19.5. The fourth-order valence-electron chi connectivity index (χ4n) is 6.70. The molecule has 3 fully saturated rings. The number of hydrogen-bond acceptors (Lipinski definition) is 7. The molecule has 10 nitrogen and oxygen atoms in total. The van der Waals surface area contributed by atoms with Crippen LogP contribution in [-0.2, 0) is 20.8 Å². The normalized spacial score (nSPS) is 25.4. The number of benzene rings is 1. The predicted molar refractivity (Wildman–Crippen MR) is 157 cm³/mol. The van der Waals surface area contributed by atoms with Crippen LogP contribution in [0.4, 0.5) is 0 Å². The third kappa shape index (κ3) is 6.21. The van der Waals surface area contributed by atoms with Crippen LogP contribution in [-0.4, -0.2) is 70.0 Å². The molecule has 3 unspecified atom stereocenters. The molecule has 2 saturated carbocycles. The molecule has 4 aliphatic rings. The van der Waals surface area contributed by atoms with E-state index in [4.69, 9.17) is 16.3 Å². The monoisotopic (exact) mass is 631 g/mol. The zero-order chi connectivity index (χ0) is 29.5. The van der Waals surface area contributed by atoms with E-state index in [1.807, 2.05) is 35.8 Å². The third-order valence-electron chi connectivity index (χ3n) is 9.32. The van der Waals surface area contributed by atoms with E-state index in [1.54, 1.807) is 6.20 Å². The molecule has 5 rings (SSSR count). The average molecular weight is 633 g/mol. The number of fused-ring (bicyclic) bond motifs is 1. The fourth-order valence-corrected chi connectivity index (χ4v) is 7.25. The van der Waals surface area contributed by atoms with Crippen molar-refractivity contribution in [3.8, 4) is 5.75 Å². The second kappa shape index (κ2) is 11.8. The molecule has 2 heterocycles. The van der Waals surface area contributed by atoms with E-state index in [0.29, 0.717) is 56.8 Å². The molecule has 2 aliphatic carbocycles. The smallest absolute Gasteiger partial charge is 0.307 e. The van der Waals surface area contributed by atoms with Gasteiger partial charge >= 0.3 is 5.97 Å². The molecule has 11 heteroatoms. The van der Waals surface area contributed by atoms with Crippen molar-refractivity contribution >= 4 is 33.7 Å². The molecular weight excluding hydrogens is 590 g/mol. The van der Waals surface area contributed by atoms with Gasteiger partial charge in [0.2, 0.25) is 11.8 Å². The van der Waals surface area contributed by atoms with Gasteiger partial charge in [-0.2, -0.15) is 0 Å². The predicted octanol–water partition coefficient (Wildman–Crippen LogP) is 3.54. The van der Waals surface area contributed by atoms with Gasteiger partial charge in [0.15, 0.2) is 0 Å². The molecule has 3 atom stereocenters. The number of hydrazine groups is 1. The van der Waals surface area contributed by atoms with Gasteiger partial charge in [-0.1, -0.05) is 28.8 Å². The standard InChI is InChI=1S/C30H42BrN5O5/c1-18(2)36(33)14-19(32)16-41-25-8-7-23(31)22-9-12-35(28(38)20-5-3-4-6-21(20)29(39)40)24(27(22)25)15-34-17-30(10-11-30)13-26(34)37/h7-8,14,18,20-21,24H,3-6,9-13,15-17,32-33H2,1-2H3,(H,39,40)/b19-14-. The van der Waals surface area contributed by atoms with Crippen LogP contribution in [0.3, 0.4) is 0 Å². The summed E-state index contributed by atoms with van der Waals surface area (Å²) in [4.78, 5) is 43.2. The highest BCUT2D eigenvalue weighted by atomic mass is 79.9. The van der Waals surface area contributed by atoms with E-state index in [1.165, 1.54) is 5.01 Å². The summed E-state index contributed by atoms with van der Waals surface area (Å²) in [5.41, 5.74) is 8.66. The molecule has 2 aliphatic heterocycles. The number of nitrogens with two attached hydrogens (primary N) is 2. The molecule has 0 radical (unpaired) electrons. The number of carboxylic acid groups (broad SMARTS) is 1. The van der Waals surface area contributed by atoms with Crippen LogP contribution >= 0.6 is 15.9 Å². The minimum absolute atomic E-state index is 0.0696. The quantitative estimate of drug-likeness (QED) is 0.277. The molecule has 224 valence electrons. The number of carbonyl (C=O) groups is 3. The highest BCUT2D eigenvalue weighted by Gasteiger charge is 2.53. The van der Waals surface area contributed by atoms with Crippen LogP contribution in [0.5, 0.6) is 5.75 Å². The lowest BCUT2D eigenvalue weighted by atomic mass is 9.77. The van der Waals surface area contributed by atoms with Crippen molar-refractivity contribution in [1.82, 2.24) is 14.8 Å². The van der Waals surface area contributed by atoms with E-state index < -0.39 is 23.8 Å². The van der Waals surface area contributed by atoms with E-state index in [2.05, 4.69) is 15.9 Å². The number of carboxylic acids is 1. The number of amides is 2. The summed E-state index contributed by atoms with van der Waals surface area (Å²) in [5.74, 6) is 4.42. The van der Waals surface area contributed by atoms with E-state index in [-0.39, 0.29) is 29.9 Å². The van der Waals surface area contributed by atoms with Gasteiger partial charge in [-0.25, -0.2) is 5.84 Å². The van der Waals surface area contributed by atoms with Gasteiger partial charge in [-0.05, 0) is 69.1 Å². The Labute approximate surface area is 250 Å². The van der Waals surface area contributed by atoms with Crippen LogP contribution in [0.2, 0.25) is 0 Å². The number of rotatable bonds is 9. The molecule has 1 spiro atoms. The van der Waals surface area contributed by atoms with Gasteiger partial charge in [-0.3, -0.25) is 14.4 Å². The molecule has 5 N–H and O–H groups in total. The SMILES string of the molecule is CC(C)N(N)/C=C(\N)COc1ccc(Br)c2c1C(CN1CC3(CC3)CC1=O)N(C(=O)C1CCCCC1C(=O)O)CC2. The number of nitrogens with zero attached hydrogens (tertiary/aromatic N) is 3. The Balaban J connectivity index is 1.49. The zero-order valence-electron chi connectivity index (χ0n) is 24.0. The lowest BCUT2D eigenvalue weighted by Gasteiger charge is -2.43. The molecule has 1 aromatic carbocycles. The Morgan fingerprint density at radius 3 is 2.59 bits per heavy atom. The van der Waals surface area contributed by atoms with Crippen molar-refractivity contribution in [2.75, 3.05) is 26.2 Å². The Morgan fingerprint density at radius 2 is 1.95 bits per heavy atom. The molecule has 0 bridgehead atoms. The maximum absolute atomic E-state index is 14.2. The van der Waals surface area contributed by atoms with Crippen LogP contribution in [0, 0.1) is 17.3 Å². The minimum Gasteiger partial charge on any atom is -0.487 e. The summed E-state index contributed by atoms with van der Waals surface area (Å²) >= 11 is 3.71. The second-order valence-corrected chi connectivity index (χ2v) is 13.4. The Hall–Kier alpha value is -2.79. The number of halogens is 1. The molecule has 1 aromatic rings. The molecule has 41 heavy (non-hydrogen) atoms. The Morgan fingerprint density at radius 1 is 1.24 bits per heavy atom. The third-order valence-corrected chi connectivity index (χ3v) is 10.1. The summed E-state index contributed by atoms with van der Waals surface area (Å²) in [5, 5.41) is 11.5. The summed E-state index contributed by atoms with van der Waals surface area (Å²) in [6, 6.07) is 3.42. The molecule has 1 saturated heterocycles. The molecule has 2 amide bonds. The van der Waals surface area contributed by atoms with Crippen LogP contribution < -0.4 is 16.3 Å². The van der Waals surface area contributed by atoms with E-state index >= 15 is 0 Å². The first kappa shape index (κ1) is 29.7. The van der Waals surface area contributed by atoms with Crippen molar-refractivity contribution in [2.45, 2.75) is 77.3 Å². The van der Waals surface area contributed by atoms with Gasteiger partial charge in [0.05, 0.1) is 23.6 Å². The Bertz CT molecular complexity index is 1230. The summed E-state index contributed by atoms with van der Waals surface area (Å²) in [7, 11) is 0. The average Bonchev–Trinajstić information content (AvgIpc) is 3.62. The number of ether oxygens (including phenoxy) is 1. The van der Waals surface area contributed by atoms with Crippen LogP contribution in [0.1, 0.15) is 76.0 Å². The van der Waals surface area contributed by atoms with Crippen LogP contribution in [0.25, 0.3) is 0 Å². The van der Waals surface area contributed by atoms with Crippen molar-refractivity contribution in [1.29, 1.82) is 0 Å². The number of aliphatic carboxylic acids is 1. The van der Waals surface area contributed by atoms with E-state index in [0.717, 1.165) is 41.3 Å². The van der Waals surface area contributed by atoms with Gasteiger partial charge in [0, 0.05) is 48.3 Å². The summed E-state index contributed by atoms with van der Waals surface area (Å²) in [6.45, 7) is 5.52. The summed E-state index contributed by atoms with van der Waals surface area (Å²) < 4.78 is 7.20. The maximum atomic E-state index is 14.2. The van der Waals surface area contributed by atoms with Gasteiger partial charge in [0.25, 0.3) is 0 Å². The Kier molecular flexibility index (Phi) is 8.57. The lowest BCUT2D eigenvalue weighted by Crippen LogP contribution is -2.50. The molecular formula is C30H42BrN5O5. The minimum atomic E-state index is -0.910. The number of carbonyl (C=O) groups excluding carboxylic acids is 2. The van der Waals surface area contributed by atoms with Crippen molar-refractivity contribution in [3.05, 3.63) is 39.6 Å². The fraction of sp³-hybridized carbons (Fsp3) is 0.633. The van der Waals surface area contributed by atoms with Crippen molar-refractivity contribution in [2.24, 2.45) is 28.8 Å². The number of hydrogen-bond donors (Lipinski definition) is 3. The van der Waals surface area contributed by atoms with Gasteiger partial charge in [0.1, 0.15) is 12.4 Å². The van der Waals surface area contributed by atoms with Crippen LogP contribution in [0.15, 0.2) is 28.5 Å². The first-order valence-electron chi connectivity index (χ1n) is 14.7. The maximum Gasteiger partial charge on any atom is 0.307 e. The van der Waals surface area contributed by atoms with Crippen molar-refractivity contribution in [3.63, 3.8) is 0 Å². The van der Waals surface area contributed by atoms with Gasteiger partial charge < -0.3 is 30.4 Å². The topological polar surface area (TPSA) is 142 Å². The highest BCUT2D eigenvalue weighted by molar-refractivity contribution is 9.10. The number of likely N-dealkylation sites (tertiary alicyclic amines) is 1.